The molecular formula is C17H20N2O5. The molecule has 2 atom stereocenters. The Morgan fingerprint density at radius 1 is 1.38 bits per heavy atom. The molecule has 0 radical (unpaired) electrons. The van der Waals surface area contributed by atoms with Crippen LogP contribution in [0.15, 0.2) is 29.3 Å². The molecule has 0 amide bonds. The zero-order valence-corrected chi connectivity index (χ0v) is 13.9. The van der Waals surface area contributed by atoms with E-state index in [0.29, 0.717) is 18.4 Å². The number of nitrogens with zero attached hydrogens (tertiary/aromatic N) is 2. The first kappa shape index (κ1) is 17.8. The number of ether oxygens (including phenoxy) is 1. The van der Waals surface area contributed by atoms with E-state index < -0.39 is 22.3 Å². The Kier molecular flexibility index (Phi) is 5.11. The molecule has 0 bridgehead atoms. The van der Waals surface area contributed by atoms with E-state index in [9.17, 15) is 19.7 Å². The number of carbonyl (C=O) groups excluding carboxylic acids is 2. The fourth-order valence-corrected chi connectivity index (χ4v) is 3.18. The van der Waals surface area contributed by atoms with Crippen molar-refractivity contribution in [3.8, 4) is 0 Å². The second kappa shape index (κ2) is 6.90. The number of hydrogen-bond acceptors (Lipinski definition) is 6. The summed E-state index contributed by atoms with van der Waals surface area (Å²) in [6.45, 7) is 4.99. The Hall–Kier alpha value is -2.57. The third-order valence-electron chi connectivity index (χ3n) is 4.16. The average Bonchev–Trinajstić information content (AvgIpc) is 2.80. The number of esters is 1. The molecule has 0 aromatic heterocycles. The fourth-order valence-electron chi connectivity index (χ4n) is 3.18. The fraction of sp³-hybridized carbons (Fsp3) is 0.471. The molecular weight excluding hydrogens is 312 g/mol. The molecule has 0 unspecified atom stereocenters. The highest BCUT2D eigenvalue weighted by Gasteiger charge is 2.51. The summed E-state index contributed by atoms with van der Waals surface area (Å²) in [5.41, 5.74) is -0.529. The van der Waals surface area contributed by atoms with E-state index in [4.69, 9.17) is 4.74 Å². The molecule has 1 aliphatic rings. The maximum Gasteiger partial charge on any atom is 0.341 e. The quantitative estimate of drug-likeness (QED) is 0.434. The molecule has 1 aliphatic heterocycles. The standard InChI is InChI=1S/C17H20N2O5/c1-4-9-17(16(21)24-12(3)18-17)15(10-11(2)20)13-5-7-14(8-6-13)19(22)23/h5-8,15H,4,9-10H2,1-3H3/t15-,17-/m1/s1. The number of non-ortho nitro benzene ring substituents is 1. The molecule has 2 rings (SSSR count). The van der Waals surface area contributed by atoms with Gasteiger partial charge in [-0.25, -0.2) is 9.79 Å². The van der Waals surface area contributed by atoms with Crippen molar-refractivity contribution >= 4 is 23.3 Å². The van der Waals surface area contributed by atoms with Gasteiger partial charge in [0.05, 0.1) is 4.92 Å². The number of nitro benzene ring substituents is 1. The molecule has 1 aromatic rings. The van der Waals surface area contributed by atoms with Crippen molar-refractivity contribution in [1.82, 2.24) is 0 Å². The van der Waals surface area contributed by atoms with Crippen LogP contribution in [0.2, 0.25) is 0 Å². The Labute approximate surface area is 139 Å². The second-order valence-electron chi connectivity index (χ2n) is 6.00. The SMILES string of the molecule is CCC[C@]1([C@H](CC(C)=O)c2ccc([N+](=O)[O-])cc2)N=C(C)OC1=O. The van der Waals surface area contributed by atoms with E-state index >= 15 is 0 Å². The lowest BCUT2D eigenvalue weighted by molar-refractivity contribution is -0.384. The van der Waals surface area contributed by atoms with Crippen LogP contribution >= 0.6 is 0 Å². The number of carbonyl (C=O) groups is 2. The van der Waals surface area contributed by atoms with Crippen molar-refractivity contribution in [1.29, 1.82) is 0 Å². The largest absolute Gasteiger partial charge is 0.410 e. The first-order valence-corrected chi connectivity index (χ1v) is 7.82. The van der Waals surface area contributed by atoms with Gasteiger partial charge in [-0.1, -0.05) is 25.5 Å². The normalized spacial score (nSPS) is 21.1. The molecule has 0 saturated heterocycles. The van der Waals surface area contributed by atoms with E-state index in [1.54, 1.807) is 19.1 Å². The van der Waals surface area contributed by atoms with Crippen molar-refractivity contribution in [2.75, 3.05) is 0 Å². The Bertz CT molecular complexity index is 695. The number of Topliss-reactive ketones (excluding diaryl/α,β-unsaturated/α-hetero) is 1. The van der Waals surface area contributed by atoms with Gasteiger partial charge in [0, 0.05) is 31.4 Å². The third kappa shape index (κ3) is 3.34. The van der Waals surface area contributed by atoms with Crippen molar-refractivity contribution in [3.63, 3.8) is 0 Å². The first-order chi connectivity index (χ1) is 11.3. The summed E-state index contributed by atoms with van der Waals surface area (Å²) in [5.74, 6) is -0.780. The lowest BCUT2D eigenvalue weighted by Crippen LogP contribution is -2.41. The van der Waals surface area contributed by atoms with Crippen LogP contribution in [0.25, 0.3) is 0 Å². The number of benzene rings is 1. The van der Waals surface area contributed by atoms with Crippen LogP contribution in [-0.4, -0.2) is 28.1 Å². The molecule has 7 heteroatoms. The van der Waals surface area contributed by atoms with E-state index in [1.807, 2.05) is 6.92 Å². The maximum atomic E-state index is 12.5. The van der Waals surface area contributed by atoms with E-state index in [-0.39, 0.29) is 23.8 Å². The minimum atomic E-state index is -1.15. The average molecular weight is 332 g/mol. The number of hydrogen-bond donors (Lipinski definition) is 0. The zero-order valence-electron chi connectivity index (χ0n) is 13.9. The van der Waals surface area contributed by atoms with Crippen molar-refractivity contribution in [3.05, 3.63) is 39.9 Å². The highest BCUT2D eigenvalue weighted by Crippen LogP contribution is 2.42. The molecule has 0 fully saturated rings. The molecule has 0 saturated carbocycles. The Morgan fingerprint density at radius 3 is 2.42 bits per heavy atom. The van der Waals surface area contributed by atoms with Gasteiger partial charge in [0.1, 0.15) is 5.78 Å². The van der Waals surface area contributed by atoms with E-state index in [1.165, 1.54) is 19.1 Å². The van der Waals surface area contributed by atoms with Gasteiger partial charge >= 0.3 is 5.97 Å². The molecule has 1 aromatic carbocycles. The summed E-state index contributed by atoms with van der Waals surface area (Å²) in [6, 6.07) is 5.91. The van der Waals surface area contributed by atoms with Crippen molar-refractivity contribution < 1.29 is 19.2 Å². The van der Waals surface area contributed by atoms with Crippen LogP contribution < -0.4 is 0 Å². The van der Waals surface area contributed by atoms with Crippen molar-refractivity contribution in [2.24, 2.45) is 4.99 Å². The smallest absolute Gasteiger partial charge is 0.341 e. The van der Waals surface area contributed by atoms with Gasteiger partial charge < -0.3 is 9.53 Å². The van der Waals surface area contributed by atoms with Gasteiger partial charge in [-0.15, -0.1) is 0 Å². The highest BCUT2D eigenvalue weighted by atomic mass is 16.6. The monoisotopic (exact) mass is 332 g/mol. The first-order valence-electron chi connectivity index (χ1n) is 7.82. The maximum absolute atomic E-state index is 12.5. The van der Waals surface area contributed by atoms with Gasteiger partial charge in [0.15, 0.2) is 11.4 Å². The van der Waals surface area contributed by atoms with Gasteiger partial charge in [-0.05, 0) is 18.9 Å². The van der Waals surface area contributed by atoms with Crippen LogP contribution in [0.1, 0.15) is 51.5 Å². The van der Waals surface area contributed by atoms with Crippen LogP contribution in [-0.2, 0) is 14.3 Å². The van der Waals surface area contributed by atoms with Crippen LogP contribution in [0, 0.1) is 10.1 Å². The number of cyclic esters (lactones) is 1. The lowest BCUT2D eigenvalue weighted by atomic mass is 9.74. The van der Waals surface area contributed by atoms with Crippen molar-refractivity contribution in [2.45, 2.75) is 51.5 Å². The van der Waals surface area contributed by atoms with Crippen LogP contribution in [0.3, 0.4) is 0 Å². The summed E-state index contributed by atoms with van der Waals surface area (Å²) in [5, 5.41) is 10.8. The number of aliphatic imine (C=N–C) groups is 1. The molecule has 0 N–H and O–H groups in total. The summed E-state index contributed by atoms with van der Waals surface area (Å²) in [4.78, 5) is 39.1. The minimum absolute atomic E-state index is 0.0430. The van der Waals surface area contributed by atoms with Gasteiger partial charge in [-0.3, -0.25) is 10.1 Å². The highest BCUT2D eigenvalue weighted by molar-refractivity contribution is 6.00. The van der Waals surface area contributed by atoms with Crippen LogP contribution in [0.5, 0.6) is 0 Å². The Balaban J connectivity index is 2.52. The Morgan fingerprint density at radius 2 is 2.00 bits per heavy atom. The van der Waals surface area contributed by atoms with Crippen LogP contribution in [0.4, 0.5) is 5.69 Å². The van der Waals surface area contributed by atoms with Gasteiger partial charge in [0.25, 0.3) is 5.69 Å². The number of nitro groups is 1. The topological polar surface area (TPSA) is 98.9 Å². The zero-order chi connectivity index (χ0) is 17.9. The van der Waals surface area contributed by atoms with E-state index in [0.717, 1.165) is 0 Å². The van der Waals surface area contributed by atoms with E-state index in [2.05, 4.69) is 4.99 Å². The molecule has 0 aliphatic carbocycles. The second-order valence-corrected chi connectivity index (χ2v) is 6.00. The molecule has 1 heterocycles. The molecule has 128 valence electrons. The lowest BCUT2D eigenvalue weighted by Gasteiger charge is -2.31. The summed E-state index contributed by atoms with van der Waals surface area (Å²) >= 11 is 0. The minimum Gasteiger partial charge on any atom is -0.410 e. The molecule has 0 spiro atoms. The predicted octanol–water partition coefficient (Wildman–Crippen LogP) is 3.17. The number of rotatable bonds is 7. The third-order valence-corrected chi connectivity index (χ3v) is 4.16. The number of ketones is 1. The molecule has 7 nitrogen and oxygen atoms in total. The van der Waals surface area contributed by atoms with Gasteiger partial charge in [-0.2, -0.15) is 0 Å². The summed E-state index contributed by atoms with van der Waals surface area (Å²) < 4.78 is 5.17. The van der Waals surface area contributed by atoms with Gasteiger partial charge in [0.2, 0.25) is 0 Å². The predicted molar refractivity (Wildman–Crippen MR) is 88.0 cm³/mol. The summed E-state index contributed by atoms with van der Waals surface area (Å²) in [6.07, 6.45) is 1.25. The molecule has 24 heavy (non-hydrogen) atoms. The summed E-state index contributed by atoms with van der Waals surface area (Å²) in [7, 11) is 0.